The quantitative estimate of drug-likeness (QED) is 0.826. The van der Waals surface area contributed by atoms with Crippen LogP contribution in [0.15, 0.2) is 12.1 Å². The van der Waals surface area contributed by atoms with Crippen LogP contribution in [0, 0.1) is 12.8 Å². The number of ether oxygens (including phenoxy) is 2. The van der Waals surface area contributed by atoms with Crippen molar-refractivity contribution < 1.29 is 19.4 Å². The van der Waals surface area contributed by atoms with Gasteiger partial charge >= 0.3 is 5.97 Å². The Morgan fingerprint density at radius 3 is 2.94 bits per heavy atom. The zero-order valence-electron chi connectivity index (χ0n) is 9.32. The minimum atomic E-state index is -0.812. The third kappa shape index (κ3) is 1.71. The van der Waals surface area contributed by atoms with E-state index in [1.54, 1.807) is 7.11 Å². The maximum atomic E-state index is 10.9. The second-order valence-electron chi connectivity index (χ2n) is 3.94. The fourth-order valence-electron chi connectivity index (χ4n) is 1.93. The Kier molecular flexibility index (Phi) is 2.73. The van der Waals surface area contributed by atoms with Crippen LogP contribution in [-0.4, -0.2) is 24.8 Å². The Bertz CT molecular complexity index is 425. The molecule has 16 heavy (non-hydrogen) atoms. The van der Waals surface area contributed by atoms with Gasteiger partial charge in [-0.2, -0.15) is 0 Å². The van der Waals surface area contributed by atoms with Gasteiger partial charge in [0.25, 0.3) is 0 Å². The predicted molar refractivity (Wildman–Crippen MR) is 58.1 cm³/mol. The van der Waals surface area contributed by atoms with E-state index in [1.807, 2.05) is 19.1 Å². The van der Waals surface area contributed by atoms with Crippen molar-refractivity contribution in [3.8, 4) is 11.5 Å². The Hall–Kier alpha value is -1.71. The molecule has 0 amide bonds. The van der Waals surface area contributed by atoms with Crippen LogP contribution in [0.3, 0.4) is 0 Å². The molecule has 1 aromatic carbocycles. The lowest BCUT2D eigenvalue weighted by atomic mass is 9.93. The molecule has 4 heteroatoms. The highest BCUT2D eigenvalue weighted by Crippen LogP contribution is 2.38. The molecule has 0 fully saturated rings. The van der Waals surface area contributed by atoms with Crippen molar-refractivity contribution in [2.75, 3.05) is 13.7 Å². The van der Waals surface area contributed by atoms with Crippen molar-refractivity contribution in [2.45, 2.75) is 13.3 Å². The predicted octanol–water partition coefficient (Wildman–Crippen LogP) is 1.64. The molecular formula is C12H14O4. The first-order chi connectivity index (χ1) is 7.63. The van der Waals surface area contributed by atoms with Crippen LogP contribution in [0.25, 0.3) is 0 Å². The summed E-state index contributed by atoms with van der Waals surface area (Å²) >= 11 is 0. The number of benzene rings is 1. The van der Waals surface area contributed by atoms with Crippen LogP contribution < -0.4 is 9.47 Å². The molecule has 0 radical (unpaired) electrons. The largest absolute Gasteiger partial charge is 0.493 e. The molecule has 1 aromatic rings. The van der Waals surface area contributed by atoms with E-state index in [2.05, 4.69) is 0 Å². The number of methoxy groups -OCH3 is 1. The summed E-state index contributed by atoms with van der Waals surface area (Å²) in [5.74, 6) is 0.0932. The van der Waals surface area contributed by atoms with Gasteiger partial charge in [0.05, 0.1) is 13.0 Å². The van der Waals surface area contributed by atoms with E-state index >= 15 is 0 Å². The zero-order chi connectivity index (χ0) is 11.7. The van der Waals surface area contributed by atoms with E-state index in [4.69, 9.17) is 14.6 Å². The maximum absolute atomic E-state index is 10.9. The van der Waals surface area contributed by atoms with Gasteiger partial charge < -0.3 is 14.6 Å². The first-order valence-electron chi connectivity index (χ1n) is 5.15. The molecule has 0 aromatic heterocycles. The molecule has 1 atom stereocenters. The summed E-state index contributed by atoms with van der Waals surface area (Å²) in [4.78, 5) is 10.9. The van der Waals surface area contributed by atoms with Crippen molar-refractivity contribution in [3.63, 3.8) is 0 Å². The van der Waals surface area contributed by atoms with Crippen molar-refractivity contribution in [1.29, 1.82) is 0 Å². The molecule has 0 unspecified atom stereocenters. The molecule has 1 aliphatic heterocycles. The molecule has 1 aliphatic rings. The molecule has 2 rings (SSSR count). The minimum Gasteiger partial charge on any atom is -0.493 e. The number of hydrogen-bond acceptors (Lipinski definition) is 3. The number of fused-ring (bicyclic) bond motifs is 1. The average Bonchev–Trinajstić information content (AvgIpc) is 2.29. The number of rotatable bonds is 2. The van der Waals surface area contributed by atoms with Gasteiger partial charge in [0.2, 0.25) is 0 Å². The van der Waals surface area contributed by atoms with E-state index in [-0.39, 0.29) is 6.61 Å². The number of aliphatic carboxylic acids is 1. The van der Waals surface area contributed by atoms with Gasteiger partial charge in [-0.1, -0.05) is 6.07 Å². The Balaban J connectivity index is 2.41. The van der Waals surface area contributed by atoms with Gasteiger partial charge in [0.1, 0.15) is 6.61 Å². The molecular weight excluding hydrogens is 208 g/mol. The van der Waals surface area contributed by atoms with Gasteiger partial charge in [-0.3, -0.25) is 4.79 Å². The lowest BCUT2D eigenvalue weighted by Crippen LogP contribution is -2.28. The summed E-state index contributed by atoms with van der Waals surface area (Å²) in [5.41, 5.74) is 1.99. The number of hydrogen-bond donors (Lipinski definition) is 1. The third-order valence-corrected chi connectivity index (χ3v) is 2.91. The molecule has 1 heterocycles. The fraction of sp³-hybridized carbons (Fsp3) is 0.417. The minimum absolute atomic E-state index is 0.210. The van der Waals surface area contributed by atoms with Crippen LogP contribution >= 0.6 is 0 Å². The van der Waals surface area contributed by atoms with Crippen LogP contribution in [0.4, 0.5) is 0 Å². The smallest absolute Gasteiger partial charge is 0.310 e. The summed E-state index contributed by atoms with van der Waals surface area (Å²) in [7, 11) is 1.58. The molecule has 0 spiro atoms. The Labute approximate surface area is 93.8 Å². The average molecular weight is 222 g/mol. The highest BCUT2D eigenvalue weighted by Gasteiger charge is 2.28. The van der Waals surface area contributed by atoms with Gasteiger partial charge in [-0.25, -0.2) is 0 Å². The monoisotopic (exact) mass is 222 g/mol. The van der Waals surface area contributed by atoms with E-state index in [0.717, 1.165) is 11.1 Å². The summed E-state index contributed by atoms with van der Waals surface area (Å²) in [6.45, 7) is 2.16. The van der Waals surface area contributed by atoms with Crippen LogP contribution in [-0.2, 0) is 11.2 Å². The lowest BCUT2D eigenvalue weighted by Gasteiger charge is -2.25. The molecule has 4 nitrogen and oxygen atoms in total. The standard InChI is InChI=1S/C12H14O4/c1-7-3-4-10(15-2)11-9(7)5-8(6-16-11)12(13)14/h3-4,8H,5-6H2,1-2H3,(H,13,14)/t8-/m0/s1. The summed E-state index contributed by atoms with van der Waals surface area (Å²) < 4.78 is 10.7. The molecule has 0 saturated carbocycles. The zero-order valence-corrected chi connectivity index (χ0v) is 9.32. The third-order valence-electron chi connectivity index (χ3n) is 2.91. The topological polar surface area (TPSA) is 55.8 Å². The normalized spacial score (nSPS) is 18.5. The van der Waals surface area contributed by atoms with E-state index in [0.29, 0.717) is 17.9 Å². The first-order valence-corrected chi connectivity index (χ1v) is 5.15. The highest BCUT2D eigenvalue weighted by atomic mass is 16.5. The molecule has 0 aliphatic carbocycles. The van der Waals surface area contributed by atoms with E-state index < -0.39 is 11.9 Å². The molecule has 0 bridgehead atoms. The second kappa shape index (κ2) is 4.04. The number of carboxylic acids is 1. The Morgan fingerprint density at radius 1 is 1.56 bits per heavy atom. The summed E-state index contributed by atoms with van der Waals surface area (Å²) in [5, 5.41) is 8.97. The van der Waals surface area contributed by atoms with Crippen molar-refractivity contribution in [3.05, 3.63) is 23.3 Å². The maximum Gasteiger partial charge on any atom is 0.310 e. The van der Waals surface area contributed by atoms with Gasteiger partial charge in [0, 0.05) is 5.56 Å². The van der Waals surface area contributed by atoms with Crippen molar-refractivity contribution in [2.24, 2.45) is 5.92 Å². The summed E-state index contributed by atoms with van der Waals surface area (Å²) in [6.07, 6.45) is 0.508. The molecule has 86 valence electrons. The van der Waals surface area contributed by atoms with Crippen LogP contribution in [0.1, 0.15) is 11.1 Å². The molecule has 0 saturated heterocycles. The van der Waals surface area contributed by atoms with Crippen LogP contribution in [0.5, 0.6) is 11.5 Å². The Morgan fingerprint density at radius 2 is 2.31 bits per heavy atom. The lowest BCUT2D eigenvalue weighted by molar-refractivity contribution is -0.143. The second-order valence-corrected chi connectivity index (χ2v) is 3.94. The van der Waals surface area contributed by atoms with Gasteiger partial charge in [-0.15, -0.1) is 0 Å². The van der Waals surface area contributed by atoms with Crippen molar-refractivity contribution in [1.82, 2.24) is 0 Å². The fourth-order valence-corrected chi connectivity index (χ4v) is 1.93. The number of carboxylic acid groups (broad SMARTS) is 1. The SMILES string of the molecule is COc1ccc(C)c2c1OC[C@@H](C(=O)O)C2. The van der Waals surface area contributed by atoms with E-state index in [1.165, 1.54) is 0 Å². The number of aryl methyl sites for hydroxylation is 1. The van der Waals surface area contributed by atoms with Gasteiger partial charge in [0.15, 0.2) is 11.5 Å². The summed E-state index contributed by atoms with van der Waals surface area (Å²) in [6, 6.07) is 3.76. The number of carbonyl (C=O) groups is 1. The van der Waals surface area contributed by atoms with Crippen LogP contribution in [0.2, 0.25) is 0 Å². The van der Waals surface area contributed by atoms with E-state index in [9.17, 15) is 4.79 Å². The van der Waals surface area contributed by atoms with Crippen molar-refractivity contribution >= 4 is 5.97 Å². The van der Waals surface area contributed by atoms with Gasteiger partial charge in [-0.05, 0) is 25.0 Å². The highest BCUT2D eigenvalue weighted by molar-refractivity contribution is 5.72. The molecule has 1 N–H and O–H groups in total. The first kappa shape index (κ1) is 10.8.